The van der Waals surface area contributed by atoms with Gasteiger partial charge in [-0.3, -0.25) is 4.79 Å². The Morgan fingerprint density at radius 3 is 2.44 bits per heavy atom. The minimum absolute atomic E-state index is 0.0697. The Hall–Kier alpha value is -3.67. The minimum Gasteiger partial charge on any atom is -0.483 e. The summed E-state index contributed by atoms with van der Waals surface area (Å²) >= 11 is 0. The van der Waals surface area contributed by atoms with Gasteiger partial charge in [-0.2, -0.15) is 0 Å². The van der Waals surface area contributed by atoms with Gasteiger partial charge in [0.15, 0.2) is 6.61 Å². The van der Waals surface area contributed by atoms with Crippen molar-refractivity contribution in [2.75, 3.05) is 13.7 Å². The Morgan fingerprint density at radius 1 is 0.969 bits per heavy atom. The maximum atomic E-state index is 12.6. The highest BCUT2D eigenvalue weighted by molar-refractivity contribution is 5.88. The summed E-state index contributed by atoms with van der Waals surface area (Å²) in [4.78, 5) is 14.1. The molecule has 0 spiro atoms. The first-order valence-electron chi connectivity index (χ1n) is 10.6. The van der Waals surface area contributed by atoms with Crippen molar-refractivity contribution in [3.8, 4) is 17.2 Å². The zero-order chi connectivity index (χ0) is 22.7. The number of hydrogen-bond acceptors (Lipinski definition) is 5. The molecule has 3 aromatic carbocycles. The minimum atomic E-state index is -0.174. The maximum absolute atomic E-state index is 12.6. The van der Waals surface area contributed by atoms with Crippen LogP contribution in [0.5, 0.6) is 5.75 Å². The molecule has 0 aliphatic carbocycles. The molecule has 0 N–H and O–H groups in total. The van der Waals surface area contributed by atoms with Crippen LogP contribution in [-0.2, 0) is 16.8 Å². The van der Waals surface area contributed by atoms with E-state index in [2.05, 4.69) is 43.1 Å². The molecule has 4 rings (SSSR count). The van der Waals surface area contributed by atoms with Crippen molar-refractivity contribution >= 4 is 16.7 Å². The summed E-state index contributed by atoms with van der Waals surface area (Å²) in [5.41, 5.74) is 2.16. The van der Waals surface area contributed by atoms with Crippen molar-refractivity contribution in [1.82, 2.24) is 15.1 Å². The van der Waals surface area contributed by atoms with E-state index in [4.69, 9.17) is 9.15 Å². The molecule has 0 aliphatic heterocycles. The number of carbonyl (C=O) groups excluding carboxylic acids is 1. The summed E-state index contributed by atoms with van der Waals surface area (Å²) in [6.07, 6.45) is 0. The van der Waals surface area contributed by atoms with Crippen molar-refractivity contribution in [2.24, 2.45) is 0 Å². The Bertz CT molecular complexity index is 1220. The summed E-state index contributed by atoms with van der Waals surface area (Å²) in [6.45, 7) is 6.65. The first-order chi connectivity index (χ1) is 15.3. The molecule has 0 radical (unpaired) electrons. The number of hydrogen-bond donors (Lipinski definition) is 0. The Labute approximate surface area is 187 Å². The van der Waals surface area contributed by atoms with Gasteiger partial charge in [0.2, 0.25) is 11.8 Å². The fraction of sp³-hybridized carbons (Fsp3) is 0.269. The monoisotopic (exact) mass is 429 g/mol. The number of amides is 1. The molecule has 0 fully saturated rings. The highest BCUT2D eigenvalue weighted by atomic mass is 16.5. The molecule has 32 heavy (non-hydrogen) atoms. The second-order valence-electron chi connectivity index (χ2n) is 8.84. The topological polar surface area (TPSA) is 68.5 Å². The van der Waals surface area contributed by atoms with Crippen LogP contribution < -0.4 is 4.74 Å². The van der Waals surface area contributed by atoms with E-state index in [0.717, 1.165) is 16.3 Å². The fourth-order valence-corrected chi connectivity index (χ4v) is 3.41. The number of benzene rings is 3. The van der Waals surface area contributed by atoms with Gasteiger partial charge >= 0.3 is 0 Å². The van der Waals surface area contributed by atoms with Crippen molar-refractivity contribution < 1.29 is 13.9 Å². The molecule has 164 valence electrons. The second kappa shape index (κ2) is 8.83. The third-order valence-electron chi connectivity index (χ3n) is 5.36. The van der Waals surface area contributed by atoms with E-state index in [1.165, 1.54) is 10.5 Å². The Balaban J connectivity index is 1.37. The molecule has 0 aliphatic rings. The lowest BCUT2D eigenvalue weighted by Crippen LogP contribution is -2.31. The first-order valence-corrected chi connectivity index (χ1v) is 10.6. The lowest BCUT2D eigenvalue weighted by Gasteiger charge is -2.18. The van der Waals surface area contributed by atoms with Gasteiger partial charge in [-0.1, -0.05) is 69.3 Å². The van der Waals surface area contributed by atoms with Gasteiger partial charge in [0, 0.05) is 18.0 Å². The molecule has 0 bridgehead atoms. The highest BCUT2D eigenvalue weighted by Gasteiger charge is 2.17. The summed E-state index contributed by atoms with van der Waals surface area (Å²) in [6, 6.07) is 21.8. The number of carbonyl (C=O) groups is 1. The standard InChI is InChI=1S/C26H27N3O3/c1-26(2,3)20-14-12-19(13-15-20)25-28-27-23(32-25)16-29(4)24(30)17-31-22-11-7-9-18-8-5-6-10-21(18)22/h5-15H,16-17H2,1-4H3. The van der Waals surface area contributed by atoms with Gasteiger partial charge in [-0.25, -0.2) is 0 Å². The average molecular weight is 430 g/mol. The Morgan fingerprint density at radius 2 is 1.69 bits per heavy atom. The van der Waals surface area contributed by atoms with Crippen LogP contribution in [0.4, 0.5) is 0 Å². The van der Waals surface area contributed by atoms with E-state index >= 15 is 0 Å². The summed E-state index contributed by atoms with van der Waals surface area (Å²) in [5.74, 6) is 1.32. The van der Waals surface area contributed by atoms with Crippen LogP contribution in [0.15, 0.2) is 71.1 Å². The molecule has 1 aromatic heterocycles. The van der Waals surface area contributed by atoms with Crippen LogP contribution in [0.3, 0.4) is 0 Å². The molecule has 0 saturated heterocycles. The normalized spacial score (nSPS) is 11.5. The van der Waals surface area contributed by atoms with Crippen LogP contribution in [0.1, 0.15) is 32.2 Å². The molecule has 0 atom stereocenters. The highest BCUT2D eigenvalue weighted by Crippen LogP contribution is 2.26. The number of rotatable bonds is 6. The van der Waals surface area contributed by atoms with Gasteiger partial charge in [0.25, 0.3) is 5.91 Å². The van der Waals surface area contributed by atoms with Crippen LogP contribution in [0.2, 0.25) is 0 Å². The van der Waals surface area contributed by atoms with E-state index in [0.29, 0.717) is 17.5 Å². The third-order valence-corrected chi connectivity index (χ3v) is 5.36. The number of likely N-dealkylation sites (N-methyl/N-ethyl adjacent to an activating group) is 1. The average Bonchev–Trinajstić information content (AvgIpc) is 3.25. The maximum Gasteiger partial charge on any atom is 0.260 e. The molecule has 6 heteroatoms. The van der Waals surface area contributed by atoms with E-state index in [-0.39, 0.29) is 24.5 Å². The molecule has 6 nitrogen and oxygen atoms in total. The number of fused-ring (bicyclic) bond motifs is 1. The largest absolute Gasteiger partial charge is 0.483 e. The molecular formula is C26H27N3O3. The van der Waals surface area contributed by atoms with Crippen molar-refractivity contribution in [3.63, 3.8) is 0 Å². The fourth-order valence-electron chi connectivity index (χ4n) is 3.41. The smallest absolute Gasteiger partial charge is 0.260 e. The lowest BCUT2D eigenvalue weighted by molar-refractivity contribution is -0.132. The summed E-state index contributed by atoms with van der Waals surface area (Å²) in [7, 11) is 1.69. The van der Waals surface area contributed by atoms with Gasteiger partial charge in [-0.15, -0.1) is 10.2 Å². The van der Waals surface area contributed by atoms with Gasteiger partial charge in [-0.05, 0) is 34.6 Å². The van der Waals surface area contributed by atoms with Crippen molar-refractivity contribution in [2.45, 2.75) is 32.7 Å². The predicted octanol–water partition coefficient (Wildman–Crippen LogP) is 5.22. The quantitative estimate of drug-likeness (QED) is 0.420. The van der Waals surface area contributed by atoms with Crippen LogP contribution in [-0.4, -0.2) is 34.7 Å². The molecule has 4 aromatic rings. The molecule has 1 amide bonds. The molecule has 0 unspecified atom stereocenters. The third kappa shape index (κ3) is 4.80. The first kappa shape index (κ1) is 21.6. The van der Waals surface area contributed by atoms with Gasteiger partial charge < -0.3 is 14.1 Å². The summed E-state index contributed by atoms with van der Waals surface area (Å²) in [5, 5.41) is 10.3. The van der Waals surface area contributed by atoms with E-state index in [1.54, 1.807) is 7.05 Å². The molecule has 1 heterocycles. The lowest BCUT2D eigenvalue weighted by atomic mass is 9.87. The molecule has 0 saturated carbocycles. The zero-order valence-electron chi connectivity index (χ0n) is 18.8. The van der Waals surface area contributed by atoms with E-state index in [1.807, 2.05) is 54.6 Å². The zero-order valence-corrected chi connectivity index (χ0v) is 18.8. The SMILES string of the molecule is CN(Cc1nnc(-c2ccc(C(C)(C)C)cc2)o1)C(=O)COc1cccc2ccccc12. The van der Waals surface area contributed by atoms with Crippen LogP contribution >= 0.6 is 0 Å². The van der Waals surface area contributed by atoms with Crippen LogP contribution in [0.25, 0.3) is 22.2 Å². The second-order valence-corrected chi connectivity index (χ2v) is 8.84. The molecular weight excluding hydrogens is 402 g/mol. The van der Waals surface area contributed by atoms with E-state index in [9.17, 15) is 4.79 Å². The number of aromatic nitrogens is 2. The van der Waals surface area contributed by atoms with Crippen molar-refractivity contribution in [1.29, 1.82) is 0 Å². The Kier molecular flexibility index (Phi) is 5.95. The van der Waals surface area contributed by atoms with Crippen LogP contribution in [0, 0.1) is 0 Å². The number of ether oxygens (including phenoxy) is 1. The van der Waals surface area contributed by atoms with Gasteiger partial charge in [0.1, 0.15) is 5.75 Å². The number of nitrogens with zero attached hydrogens (tertiary/aromatic N) is 3. The summed E-state index contributed by atoms with van der Waals surface area (Å²) < 4.78 is 11.6. The van der Waals surface area contributed by atoms with Gasteiger partial charge in [0.05, 0.1) is 6.54 Å². The van der Waals surface area contributed by atoms with Crippen molar-refractivity contribution in [3.05, 3.63) is 78.2 Å². The predicted molar refractivity (Wildman–Crippen MR) is 124 cm³/mol. The van der Waals surface area contributed by atoms with E-state index < -0.39 is 0 Å².